The van der Waals surface area contributed by atoms with Crippen molar-refractivity contribution in [1.29, 1.82) is 0 Å². The summed E-state index contributed by atoms with van der Waals surface area (Å²) in [6.07, 6.45) is 0.328. The van der Waals surface area contributed by atoms with E-state index >= 15 is 0 Å². The summed E-state index contributed by atoms with van der Waals surface area (Å²) >= 11 is 3.79. The normalized spacial score (nSPS) is 13.9. The zero-order valence-electron chi connectivity index (χ0n) is 6.07. The Labute approximate surface area is 110 Å². The first-order valence-corrected chi connectivity index (χ1v) is 4.64. The van der Waals surface area contributed by atoms with Crippen LogP contribution in [0.5, 0.6) is 0 Å². The molecule has 0 aliphatic heterocycles. The zero-order valence-corrected chi connectivity index (χ0v) is 10.9. The molecule has 1 unspecified atom stereocenters. The third kappa shape index (κ3) is 6.60. The summed E-state index contributed by atoms with van der Waals surface area (Å²) in [6, 6.07) is 0. The van der Waals surface area contributed by atoms with Crippen molar-refractivity contribution in [1.82, 2.24) is 0 Å². The van der Waals surface area contributed by atoms with E-state index in [4.69, 9.17) is 0 Å². The molecule has 0 saturated heterocycles. The molecule has 3 nitrogen and oxygen atoms in total. The van der Waals surface area contributed by atoms with E-state index < -0.39 is 15.4 Å². The van der Waals surface area contributed by atoms with Gasteiger partial charge in [0.15, 0.2) is 0 Å². The van der Waals surface area contributed by atoms with Gasteiger partial charge in [-0.05, 0) is 19.1 Å². The van der Waals surface area contributed by atoms with Gasteiger partial charge >= 0.3 is 51.4 Å². The largest absolute Gasteiger partial charge is 1.00 e. The molecule has 0 aromatic rings. The number of thiol groups is 1. The van der Waals surface area contributed by atoms with Gasteiger partial charge < -0.3 is 4.55 Å². The van der Waals surface area contributed by atoms with E-state index in [1.165, 1.54) is 6.92 Å². The Morgan fingerprint density at radius 3 is 2.10 bits per heavy atom. The van der Waals surface area contributed by atoms with Gasteiger partial charge in [-0.15, -0.1) is 0 Å². The topological polar surface area (TPSA) is 57.2 Å². The van der Waals surface area contributed by atoms with E-state index in [9.17, 15) is 13.0 Å². The van der Waals surface area contributed by atoms with Crippen molar-refractivity contribution in [2.45, 2.75) is 18.6 Å². The van der Waals surface area contributed by atoms with Gasteiger partial charge in [0.2, 0.25) is 0 Å². The van der Waals surface area contributed by atoms with Crippen LogP contribution in [0, 0.1) is 0 Å². The summed E-state index contributed by atoms with van der Waals surface area (Å²) < 4.78 is 30.4. The van der Waals surface area contributed by atoms with Crippen LogP contribution in [0.15, 0.2) is 0 Å². The predicted molar refractivity (Wildman–Crippen MR) is 37.6 cm³/mol. The van der Waals surface area contributed by atoms with Gasteiger partial charge in [-0.3, -0.25) is 0 Å². The van der Waals surface area contributed by atoms with E-state index in [1.54, 1.807) is 0 Å². The summed E-state index contributed by atoms with van der Waals surface area (Å²) in [5.41, 5.74) is 0. The van der Waals surface area contributed by atoms with E-state index in [2.05, 4.69) is 12.6 Å². The molecule has 0 N–H and O–H groups in total. The maximum atomic E-state index is 10.1. The van der Waals surface area contributed by atoms with Crippen LogP contribution in [0.25, 0.3) is 0 Å². The Morgan fingerprint density at radius 1 is 1.60 bits per heavy atom. The van der Waals surface area contributed by atoms with Gasteiger partial charge in [0.05, 0.1) is 10.1 Å². The molecular formula is C4H9KO3S2. The SMILES string of the molecule is CC(CCS)S(=O)(=O)[O-].[K+]. The molecule has 0 aliphatic rings. The number of rotatable bonds is 3. The standard InChI is InChI=1S/C4H10O3S2.K/c1-4(2-3-8)9(5,6)7;/h4,8H,2-3H2,1H3,(H,5,6,7);/q;+1/p-1. The van der Waals surface area contributed by atoms with Gasteiger partial charge in [0.1, 0.15) is 0 Å². The molecule has 0 heterocycles. The number of hydrogen-bond donors (Lipinski definition) is 1. The molecule has 1 atom stereocenters. The first-order valence-electron chi connectivity index (χ1n) is 2.54. The predicted octanol–water partition coefficient (Wildman–Crippen LogP) is -2.76. The van der Waals surface area contributed by atoms with Crippen LogP contribution in [0.2, 0.25) is 0 Å². The molecule has 0 saturated carbocycles. The Hall–Kier alpha value is 1.90. The van der Waals surface area contributed by atoms with Gasteiger partial charge in [0, 0.05) is 5.25 Å². The maximum absolute atomic E-state index is 10.1. The van der Waals surface area contributed by atoms with Crippen molar-refractivity contribution in [3.63, 3.8) is 0 Å². The summed E-state index contributed by atoms with van der Waals surface area (Å²) in [7, 11) is -4.06. The summed E-state index contributed by atoms with van der Waals surface area (Å²) in [6.45, 7) is 1.39. The van der Waals surface area contributed by atoms with E-state index in [1.807, 2.05) is 0 Å². The van der Waals surface area contributed by atoms with Crippen LogP contribution in [-0.2, 0) is 10.1 Å². The van der Waals surface area contributed by atoms with Crippen molar-refractivity contribution in [3.8, 4) is 0 Å². The smallest absolute Gasteiger partial charge is 0.748 e. The number of hydrogen-bond acceptors (Lipinski definition) is 4. The molecule has 6 heteroatoms. The average molecular weight is 208 g/mol. The Kier molecular flexibility index (Phi) is 9.25. The van der Waals surface area contributed by atoms with Crippen LogP contribution in [0.4, 0.5) is 0 Å². The summed E-state index contributed by atoms with van der Waals surface area (Å²) in [5, 5.41) is -0.796. The second kappa shape index (κ2) is 6.42. The monoisotopic (exact) mass is 208 g/mol. The van der Waals surface area contributed by atoms with Crippen LogP contribution in [0.3, 0.4) is 0 Å². The third-order valence-electron chi connectivity index (χ3n) is 1.03. The molecule has 0 fully saturated rings. The quantitative estimate of drug-likeness (QED) is 0.311. The molecule has 0 radical (unpaired) electrons. The summed E-state index contributed by atoms with van der Waals surface area (Å²) in [5.74, 6) is 0.433. The Morgan fingerprint density at radius 2 is 2.00 bits per heavy atom. The molecular weight excluding hydrogens is 199 g/mol. The first-order chi connectivity index (χ1) is 3.98. The molecule has 0 rings (SSSR count). The maximum Gasteiger partial charge on any atom is 1.00 e. The summed E-state index contributed by atoms with van der Waals surface area (Å²) in [4.78, 5) is 0. The fourth-order valence-electron chi connectivity index (χ4n) is 0.326. The van der Waals surface area contributed by atoms with Crippen molar-refractivity contribution < 1.29 is 64.4 Å². The molecule has 0 aliphatic carbocycles. The van der Waals surface area contributed by atoms with Crippen LogP contribution in [-0.4, -0.2) is 24.0 Å². The van der Waals surface area contributed by atoms with Crippen molar-refractivity contribution in [3.05, 3.63) is 0 Å². The van der Waals surface area contributed by atoms with Gasteiger partial charge in [0.25, 0.3) is 0 Å². The van der Waals surface area contributed by atoms with Crippen LogP contribution >= 0.6 is 12.6 Å². The van der Waals surface area contributed by atoms with E-state index in [0.29, 0.717) is 12.2 Å². The second-order valence-corrected chi connectivity index (χ2v) is 4.05. The minimum absolute atomic E-state index is 0. The van der Waals surface area contributed by atoms with Crippen molar-refractivity contribution in [2.24, 2.45) is 0 Å². The van der Waals surface area contributed by atoms with Crippen molar-refractivity contribution in [2.75, 3.05) is 5.75 Å². The molecule has 10 heavy (non-hydrogen) atoms. The molecule has 0 aromatic carbocycles. The Bertz CT molecular complexity index is 165. The van der Waals surface area contributed by atoms with Gasteiger partial charge in [-0.1, -0.05) is 0 Å². The van der Waals surface area contributed by atoms with E-state index in [0.717, 1.165) is 0 Å². The van der Waals surface area contributed by atoms with Crippen LogP contribution in [0.1, 0.15) is 13.3 Å². The Balaban J connectivity index is 0. The van der Waals surface area contributed by atoms with Crippen LogP contribution < -0.4 is 51.4 Å². The fraction of sp³-hybridized carbons (Fsp3) is 1.00. The minimum Gasteiger partial charge on any atom is -0.748 e. The molecule has 56 valence electrons. The van der Waals surface area contributed by atoms with Crippen molar-refractivity contribution >= 4 is 22.7 Å². The van der Waals surface area contributed by atoms with Gasteiger partial charge in [-0.25, -0.2) is 8.42 Å². The zero-order chi connectivity index (χ0) is 7.49. The third-order valence-corrected chi connectivity index (χ3v) is 2.51. The fourth-order valence-corrected chi connectivity index (χ4v) is 1.29. The second-order valence-electron chi connectivity index (χ2n) is 1.82. The first kappa shape index (κ1) is 14.4. The minimum atomic E-state index is -4.06. The molecule has 0 amide bonds. The van der Waals surface area contributed by atoms with Gasteiger partial charge in [-0.2, -0.15) is 12.6 Å². The van der Waals surface area contributed by atoms with E-state index in [-0.39, 0.29) is 51.4 Å². The molecule has 0 aromatic heterocycles. The molecule has 0 spiro atoms. The molecule has 0 bridgehead atoms. The average Bonchev–Trinajstić information content (AvgIpc) is 1.64.